The molecule has 1 aromatic rings. The van der Waals surface area contributed by atoms with Crippen molar-refractivity contribution in [3.05, 3.63) is 24.3 Å². The molecule has 100 valence electrons. The maximum Gasteiger partial charge on any atom is 0.319 e. The number of unbranched alkanes of at least 4 members (excludes halogenated alkanes) is 1. The zero-order valence-electron chi connectivity index (χ0n) is 11.1. The maximum atomic E-state index is 11.5. The number of rotatable bonds is 6. The lowest BCUT2D eigenvalue weighted by atomic mass is 10.3. The van der Waals surface area contributed by atoms with E-state index in [0.29, 0.717) is 17.9 Å². The Morgan fingerprint density at radius 3 is 2.78 bits per heavy atom. The number of carbonyl (C=O) groups excluding carboxylic acids is 1. The van der Waals surface area contributed by atoms with Crippen LogP contribution in [-0.2, 0) is 0 Å². The summed E-state index contributed by atoms with van der Waals surface area (Å²) in [7, 11) is 4.08. The molecule has 0 aliphatic heterocycles. The second-order valence-corrected chi connectivity index (χ2v) is 4.52. The van der Waals surface area contributed by atoms with Gasteiger partial charge in [0.2, 0.25) is 0 Å². The van der Waals surface area contributed by atoms with Crippen LogP contribution in [0.5, 0.6) is 0 Å². The summed E-state index contributed by atoms with van der Waals surface area (Å²) >= 11 is 0. The molecule has 0 heterocycles. The number of benzene rings is 1. The minimum Gasteiger partial charge on any atom is -0.399 e. The molecule has 0 aliphatic rings. The van der Waals surface area contributed by atoms with E-state index in [9.17, 15) is 4.79 Å². The summed E-state index contributed by atoms with van der Waals surface area (Å²) in [6.07, 6.45) is 2.05. The van der Waals surface area contributed by atoms with Crippen molar-refractivity contribution in [1.29, 1.82) is 0 Å². The van der Waals surface area contributed by atoms with Gasteiger partial charge in [-0.15, -0.1) is 0 Å². The molecular weight excluding hydrogens is 228 g/mol. The summed E-state index contributed by atoms with van der Waals surface area (Å²) < 4.78 is 0. The minimum absolute atomic E-state index is 0.189. The monoisotopic (exact) mass is 250 g/mol. The van der Waals surface area contributed by atoms with Crippen molar-refractivity contribution < 1.29 is 4.79 Å². The first-order valence-corrected chi connectivity index (χ1v) is 6.13. The van der Waals surface area contributed by atoms with Gasteiger partial charge in [0.15, 0.2) is 0 Å². The Morgan fingerprint density at radius 1 is 1.33 bits per heavy atom. The molecule has 0 fully saturated rings. The van der Waals surface area contributed by atoms with Crippen LogP contribution in [0.1, 0.15) is 12.8 Å². The molecule has 1 aromatic carbocycles. The molecule has 5 heteroatoms. The summed E-state index contributed by atoms with van der Waals surface area (Å²) in [5.41, 5.74) is 6.97. The van der Waals surface area contributed by atoms with Gasteiger partial charge in [0, 0.05) is 17.9 Å². The smallest absolute Gasteiger partial charge is 0.319 e. The SMILES string of the molecule is CN(C)CCCCNC(=O)Nc1cccc(N)c1. The Bertz CT molecular complexity index is 379. The number of nitrogens with one attached hydrogen (secondary N) is 2. The van der Waals surface area contributed by atoms with E-state index >= 15 is 0 Å². The third kappa shape index (κ3) is 6.10. The molecule has 1 rings (SSSR count). The Kier molecular flexibility index (Phi) is 6.00. The van der Waals surface area contributed by atoms with E-state index in [2.05, 4.69) is 15.5 Å². The van der Waals surface area contributed by atoms with Crippen molar-refractivity contribution in [2.75, 3.05) is 38.2 Å². The fourth-order valence-corrected chi connectivity index (χ4v) is 1.55. The first-order chi connectivity index (χ1) is 8.58. The third-order valence-electron chi connectivity index (χ3n) is 2.46. The van der Waals surface area contributed by atoms with Crippen LogP contribution in [0.2, 0.25) is 0 Å². The molecule has 0 radical (unpaired) electrons. The molecule has 0 saturated heterocycles. The lowest BCUT2D eigenvalue weighted by Gasteiger charge is -2.10. The van der Waals surface area contributed by atoms with Crippen molar-refractivity contribution in [2.45, 2.75) is 12.8 Å². The van der Waals surface area contributed by atoms with Crippen LogP contribution >= 0.6 is 0 Å². The van der Waals surface area contributed by atoms with Crippen molar-refractivity contribution in [1.82, 2.24) is 10.2 Å². The average molecular weight is 250 g/mol. The van der Waals surface area contributed by atoms with E-state index in [4.69, 9.17) is 5.73 Å². The maximum absolute atomic E-state index is 11.5. The van der Waals surface area contributed by atoms with Crippen LogP contribution in [0.25, 0.3) is 0 Å². The first-order valence-electron chi connectivity index (χ1n) is 6.13. The van der Waals surface area contributed by atoms with E-state index in [1.54, 1.807) is 12.1 Å². The lowest BCUT2D eigenvalue weighted by Crippen LogP contribution is -2.29. The molecule has 0 aromatic heterocycles. The van der Waals surface area contributed by atoms with Gasteiger partial charge in [-0.1, -0.05) is 6.07 Å². The molecule has 0 spiro atoms. The standard InChI is InChI=1S/C13H22N4O/c1-17(2)9-4-3-8-15-13(18)16-12-7-5-6-11(14)10-12/h5-7,10H,3-4,8-9,14H2,1-2H3,(H2,15,16,18). The van der Waals surface area contributed by atoms with Crippen LogP contribution in [-0.4, -0.2) is 38.1 Å². The molecule has 0 saturated carbocycles. The Balaban J connectivity index is 2.18. The molecular formula is C13H22N4O. The number of nitrogens with two attached hydrogens (primary N) is 1. The summed E-state index contributed by atoms with van der Waals surface area (Å²) in [6.45, 7) is 1.72. The number of urea groups is 1. The van der Waals surface area contributed by atoms with Crippen LogP contribution in [0.15, 0.2) is 24.3 Å². The molecule has 0 unspecified atom stereocenters. The highest BCUT2D eigenvalue weighted by Crippen LogP contribution is 2.11. The predicted octanol–water partition coefficient (Wildman–Crippen LogP) is 1.73. The molecule has 0 bridgehead atoms. The van der Waals surface area contributed by atoms with Crippen LogP contribution < -0.4 is 16.4 Å². The third-order valence-corrected chi connectivity index (χ3v) is 2.46. The first kappa shape index (κ1) is 14.3. The van der Waals surface area contributed by atoms with Crippen molar-refractivity contribution in [2.24, 2.45) is 0 Å². The molecule has 2 amide bonds. The largest absolute Gasteiger partial charge is 0.399 e. The summed E-state index contributed by atoms with van der Waals surface area (Å²) in [4.78, 5) is 13.7. The zero-order chi connectivity index (χ0) is 13.4. The van der Waals surface area contributed by atoms with Crippen molar-refractivity contribution >= 4 is 17.4 Å². The highest BCUT2D eigenvalue weighted by atomic mass is 16.2. The van der Waals surface area contributed by atoms with E-state index in [-0.39, 0.29) is 6.03 Å². The van der Waals surface area contributed by atoms with Crippen LogP contribution in [0.4, 0.5) is 16.2 Å². The van der Waals surface area contributed by atoms with Crippen LogP contribution in [0.3, 0.4) is 0 Å². The lowest BCUT2D eigenvalue weighted by molar-refractivity contribution is 0.251. The van der Waals surface area contributed by atoms with E-state index in [1.165, 1.54) is 0 Å². The molecule has 18 heavy (non-hydrogen) atoms. The Hall–Kier alpha value is -1.75. The highest BCUT2D eigenvalue weighted by molar-refractivity contribution is 5.89. The molecule has 5 nitrogen and oxygen atoms in total. The molecule has 0 atom stereocenters. The Labute approximate surface area is 108 Å². The molecule has 4 N–H and O–H groups in total. The number of nitrogen functional groups attached to an aromatic ring is 1. The van der Waals surface area contributed by atoms with Gasteiger partial charge in [-0.2, -0.15) is 0 Å². The number of carbonyl (C=O) groups is 1. The average Bonchev–Trinajstić information content (AvgIpc) is 2.28. The zero-order valence-corrected chi connectivity index (χ0v) is 11.1. The normalized spacial score (nSPS) is 10.4. The number of amides is 2. The predicted molar refractivity (Wildman–Crippen MR) is 75.7 cm³/mol. The van der Waals surface area contributed by atoms with Crippen LogP contribution in [0, 0.1) is 0 Å². The number of anilines is 2. The van der Waals surface area contributed by atoms with E-state index in [0.717, 1.165) is 19.4 Å². The van der Waals surface area contributed by atoms with E-state index < -0.39 is 0 Å². The number of nitrogens with zero attached hydrogens (tertiary/aromatic N) is 1. The van der Waals surface area contributed by atoms with Gasteiger partial charge in [-0.25, -0.2) is 4.79 Å². The summed E-state index contributed by atoms with van der Waals surface area (Å²) in [5, 5.41) is 5.56. The van der Waals surface area contributed by atoms with Crippen molar-refractivity contribution in [3.63, 3.8) is 0 Å². The number of hydrogen-bond acceptors (Lipinski definition) is 3. The van der Waals surface area contributed by atoms with Gasteiger partial charge < -0.3 is 21.3 Å². The minimum atomic E-state index is -0.189. The highest BCUT2D eigenvalue weighted by Gasteiger charge is 2.00. The van der Waals surface area contributed by atoms with Gasteiger partial charge in [-0.3, -0.25) is 0 Å². The second-order valence-electron chi connectivity index (χ2n) is 4.52. The quantitative estimate of drug-likeness (QED) is 0.532. The Morgan fingerprint density at radius 2 is 2.11 bits per heavy atom. The topological polar surface area (TPSA) is 70.4 Å². The summed E-state index contributed by atoms with van der Waals surface area (Å²) in [6, 6.07) is 6.94. The second kappa shape index (κ2) is 7.55. The van der Waals surface area contributed by atoms with Crippen molar-refractivity contribution in [3.8, 4) is 0 Å². The van der Waals surface area contributed by atoms with Gasteiger partial charge in [-0.05, 0) is 51.7 Å². The summed E-state index contributed by atoms with van der Waals surface area (Å²) in [5.74, 6) is 0. The fraction of sp³-hybridized carbons (Fsp3) is 0.462. The van der Waals surface area contributed by atoms with Gasteiger partial charge in [0.05, 0.1) is 0 Å². The fourth-order valence-electron chi connectivity index (χ4n) is 1.55. The van der Waals surface area contributed by atoms with Gasteiger partial charge in [0.25, 0.3) is 0 Å². The van der Waals surface area contributed by atoms with Gasteiger partial charge >= 0.3 is 6.03 Å². The van der Waals surface area contributed by atoms with E-state index in [1.807, 2.05) is 26.2 Å². The number of hydrogen-bond donors (Lipinski definition) is 3. The van der Waals surface area contributed by atoms with Gasteiger partial charge in [0.1, 0.15) is 0 Å². The molecule has 0 aliphatic carbocycles.